The molecule has 1 fully saturated rings. The summed E-state index contributed by atoms with van der Waals surface area (Å²) in [6.45, 7) is 2.03. The summed E-state index contributed by atoms with van der Waals surface area (Å²) in [5.41, 5.74) is 9.06. The first-order chi connectivity index (χ1) is 14.9. The molecule has 0 unspecified atom stereocenters. The van der Waals surface area contributed by atoms with Gasteiger partial charge in [0.15, 0.2) is 0 Å². The molecule has 174 valence electrons. The van der Waals surface area contributed by atoms with Crippen LogP contribution in [0.1, 0.15) is 32.6 Å². The molecule has 4 N–H and O–H groups in total. The van der Waals surface area contributed by atoms with E-state index in [1.54, 1.807) is 11.0 Å². The van der Waals surface area contributed by atoms with Crippen LogP contribution < -0.4 is 10.9 Å². The van der Waals surface area contributed by atoms with Crippen LogP contribution in [0.25, 0.3) is 0 Å². The van der Waals surface area contributed by atoms with Crippen molar-refractivity contribution in [3.63, 3.8) is 0 Å². The standard InChI is InChI=1S/C22H27F3N4O2S/c1-15-3-2-4-16(9-15)10-18(11-17(26)13-29-8-7-22(24,25)14-29)28-21-6-5-19(12-20(21)23)32(27,30)31/h3,5-6,9,11-12H,2,4,7-8,10,13-14,26H2,1H3,(H2,27,30,31). The SMILES string of the molecule is CC1=CCCC(CC(C=C(N)CN2CCC(F)(F)C2)=Nc2ccc(S(N)(=O)=O)cc2F)=C1. The summed E-state index contributed by atoms with van der Waals surface area (Å²) in [4.78, 5) is 5.58. The summed E-state index contributed by atoms with van der Waals surface area (Å²) in [5.74, 6) is -3.56. The molecule has 2 aliphatic rings. The van der Waals surface area contributed by atoms with Gasteiger partial charge in [0.25, 0.3) is 5.92 Å². The fraction of sp³-hybridized carbons (Fsp3) is 0.409. The van der Waals surface area contributed by atoms with Crippen LogP contribution in [-0.2, 0) is 10.0 Å². The third-order valence-electron chi connectivity index (χ3n) is 5.29. The van der Waals surface area contributed by atoms with Crippen molar-refractivity contribution in [2.24, 2.45) is 15.9 Å². The molecule has 0 spiro atoms. The molecule has 1 aromatic rings. The minimum atomic E-state index is -4.04. The number of primary sulfonamides is 1. The number of rotatable bonds is 7. The number of alkyl halides is 2. The van der Waals surface area contributed by atoms with E-state index in [-0.39, 0.29) is 36.6 Å². The molecule has 0 aromatic heterocycles. The largest absolute Gasteiger partial charge is 0.401 e. The summed E-state index contributed by atoms with van der Waals surface area (Å²) in [7, 11) is -4.04. The summed E-state index contributed by atoms with van der Waals surface area (Å²) < 4.78 is 64.4. The Morgan fingerprint density at radius 2 is 2.09 bits per heavy atom. The third kappa shape index (κ3) is 6.78. The van der Waals surface area contributed by atoms with Crippen molar-refractivity contribution in [3.05, 3.63) is 59.1 Å². The van der Waals surface area contributed by atoms with Gasteiger partial charge in [0.1, 0.15) is 5.82 Å². The number of hydrogen-bond donors (Lipinski definition) is 2. The van der Waals surface area contributed by atoms with Crippen LogP contribution in [0.15, 0.2) is 63.2 Å². The highest BCUT2D eigenvalue weighted by molar-refractivity contribution is 7.89. The van der Waals surface area contributed by atoms with E-state index < -0.39 is 21.8 Å². The van der Waals surface area contributed by atoms with Crippen LogP contribution in [0.4, 0.5) is 18.9 Å². The van der Waals surface area contributed by atoms with E-state index in [0.29, 0.717) is 17.8 Å². The molecular formula is C22H27F3N4O2S. The van der Waals surface area contributed by atoms with E-state index in [0.717, 1.165) is 30.1 Å². The van der Waals surface area contributed by atoms with Crippen molar-refractivity contribution in [2.75, 3.05) is 19.6 Å². The summed E-state index contributed by atoms with van der Waals surface area (Å²) in [6.07, 6.45) is 7.62. The minimum Gasteiger partial charge on any atom is -0.401 e. The van der Waals surface area contributed by atoms with E-state index in [1.165, 1.54) is 12.1 Å². The number of aliphatic imine (C=N–C) groups is 1. The van der Waals surface area contributed by atoms with E-state index >= 15 is 0 Å². The van der Waals surface area contributed by atoms with Crippen molar-refractivity contribution in [1.29, 1.82) is 0 Å². The first kappa shape index (κ1) is 24.2. The van der Waals surface area contributed by atoms with E-state index in [2.05, 4.69) is 11.1 Å². The van der Waals surface area contributed by atoms with Gasteiger partial charge in [-0.05, 0) is 44.0 Å². The molecule has 0 saturated carbocycles. The third-order valence-corrected chi connectivity index (χ3v) is 6.20. The Labute approximate surface area is 186 Å². The number of nitrogens with zero attached hydrogens (tertiary/aromatic N) is 2. The molecule has 1 saturated heterocycles. The Hall–Kier alpha value is -2.43. The summed E-state index contributed by atoms with van der Waals surface area (Å²) in [5, 5.41) is 5.05. The molecule has 1 heterocycles. The van der Waals surface area contributed by atoms with Gasteiger partial charge >= 0.3 is 0 Å². The number of sulfonamides is 1. The predicted molar refractivity (Wildman–Crippen MR) is 119 cm³/mol. The van der Waals surface area contributed by atoms with Gasteiger partial charge in [0.2, 0.25) is 10.0 Å². The number of nitrogens with two attached hydrogens (primary N) is 2. The van der Waals surface area contributed by atoms with Crippen LogP contribution in [0.3, 0.4) is 0 Å². The van der Waals surface area contributed by atoms with Crippen LogP contribution in [-0.4, -0.2) is 44.6 Å². The lowest BCUT2D eigenvalue weighted by atomic mass is 9.95. The second kappa shape index (κ2) is 9.60. The van der Waals surface area contributed by atoms with E-state index in [4.69, 9.17) is 10.9 Å². The maximum absolute atomic E-state index is 14.5. The zero-order valence-corrected chi connectivity index (χ0v) is 18.6. The topological polar surface area (TPSA) is 102 Å². The summed E-state index contributed by atoms with van der Waals surface area (Å²) >= 11 is 0. The molecule has 6 nitrogen and oxygen atoms in total. The highest BCUT2D eigenvalue weighted by Crippen LogP contribution is 2.28. The molecular weight excluding hydrogens is 441 g/mol. The minimum absolute atomic E-state index is 0.0622. The van der Waals surface area contributed by atoms with Crippen molar-refractivity contribution in [2.45, 2.75) is 43.4 Å². The predicted octanol–water partition coefficient (Wildman–Crippen LogP) is 3.79. The van der Waals surface area contributed by atoms with Crippen LogP contribution in [0.2, 0.25) is 0 Å². The fourth-order valence-corrected chi connectivity index (χ4v) is 4.33. The molecule has 0 bridgehead atoms. The molecule has 3 rings (SSSR count). The van der Waals surface area contributed by atoms with Crippen LogP contribution in [0, 0.1) is 5.82 Å². The Morgan fingerprint density at radius 1 is 1.34 bits per heavy atom. The lowest BCUT2D eigenvalue weighted by Crippen LogP contribution is -2.29. The van der Waals surface area contributed by atoms with Gasteiger partial charge in [-0.1, -0.05) is 23.3 Å². The molecule has 0 amide bonds. The van der Waals surface area contributed by atoms with Gasteiger partial charge in [-0.15, -0.1) is 0 Å². The molecule has 0 radical (unpaired) electrons. The van der Waals surface area contributed by atoms with Crippen molar-refractivity contribution < 1.29 is 21.6 Å². The molecule has 10 heteroatoms. The monoisotopic (exact) mass is 468 g/mol. The number of allylic oxidation sites excluding steroid dienone is 5. The Morgan fingerprint density at radius 3 is 2.69 bits per heavy atom. The van der Waals surface area contributed by atoms with Gasteiger partial charge in [0, 0.05) is 37.3 Å². The Bertz CT molecular complexity index is 1110. The van der Waals surface area contributed by atoms with Crippen molar-refractivity contribution in [1.82, 2.24) is 4.90 Å². The normalized spacial score (nSPS) is 20.3. The molecule has 32 heavy (non-hydrogen) atoms. The van der Waals surface area contributed by atoms with Gasteiger partial charge in [-0.25, -0.2) is 31.7 Å². The van der Waals surface area contributed by atoms with Gasteiger partial charge in [-0.3, -0.25) is 4.90 Å². The zero-order chi connectivity index (χ0) is 23.5. The highest BCUT2D eigenvalue weighted by Gasteiger charge is 2.38. The average molecular weight is 469 g/mol. The zero-order valence-electron chi connectivity index (χ0n) is 17.8. The first-order valence-electron chi connectivity index (χ1n) is 10.2. The second-order valence-electron chi connectivity index (χ2n) is 8.26. The maximum atomic E-state index is 14.5. The summed E-state index contributed by atoms with van der Waals surface area (Å²) in [6, 6.07) is 3.24. The Balaban J connectivity index is 1.89. The highest BCUT2D eigenvalue weighted by atomic mass is 32.2. The molecule has 1 aromatic carbocycles. The van der Waals surface area contributed by atoms with E-state index in [1.807, 2.05) is 13.0 Å². The van der Waals surface area contributed by atoms with Gasteiger partial charge in [0.05, 0.1) is 17.1 Å². The maximum Gasteiger partial charge on any atom is 0.261 e. The second-order valence-corrected chi connectivity index (χ2v) is 9.82. The van der Waals surface area contributed by atoms with Gasteiger partial charge < -0.3 is 5.73 Å². The lowest BCUT2D eigenvalue weighted by molar-refractivity contribution is 0.0131. The van der Waals surface area contributed by atoms with Crippen LogP contribution >= 0.6 is 0 Å². The number of halogens is 3. The molecule has 0 atom stereocenters. The van der Waals surface area contributed by atoms with E-state index in [9.17, 15) is 21.6 Å². The van der Waals surface area contributed by atoms with Gasteiger partial charge in [-0.2, -0.15) is 0 Å². The Kier molecular flexibility index (Phi) is 7.26. The quantitative estimate of drug-likeness (QED) is 0.595. The lowest BCUT2D eigenvalue weighted by Gasteiger charge is -2.16. The number of hydrogen-bond acceptors (Lipinski definition) is 5. The fourth-order valence-electron chi connectivity index (χ4n) is 3.80. The van der Waals surface area contributed by atoms with Crippen molar-refractivity contribution in [3.8, 4) is 0 Å². The van der Waals surface area contributed by atoms with Crippen molar-refractivity contribution >= 4 is 21.4 Å². The van der Waals surface area contributed by atoms with Crippen LogP contribution in [0.5, 0.6) is 0 Å². The number of likely N-dealkylation sites (tertiary alicyclic amines) is 1. The average Bonchev–Trinajstić information content (AvgIpc) is 3.00. The smallest absolute Gasteiger partial charge is 0.261 e. The first-order valence-corrected chi connectivity index (χ1v) is 11.8. The number of benzene rings is 1. The molecule has 1 aliphatic carbocycles. The molecule has 1 aliphatic heterocycles.